The van der Waals surface area contributed by atoms with Gasteiger partial charge in [-0.25, -0.2) is 0 Å². The zero-order valence-corrected chi connectivity index (χ0v) is 12.9. The van der Waals surface area contributed by atoms with Gasteiger partial charge in [-0.2, -0.15) is 0 Å². The second-order valence-corrected chi connectivity index (χ2v) is 5.41. The number of furan rings is 1. The molecule has 0 unspecified atom stereocenters. The zero-order chi connectivity index (χ0) is 16.6. The first-order chi connectivity index (χ1) is 10.9. The molecule has 1 saturated heterocycles. The molecule has 0 radical (unpaired) electrons. The molecule has 116 valence electrons. The fourth-order valence-corrected chi connectivity index (χ4v) is 2.47. The average molecular weight is 350 g/mol. The first kappa shape index (κ1) is 15.2. The summed E-state index contributed by atoms with van der Waals surface area (Å²) in [5.74, 6) is 0.554. The van der Waals surface area contributed by atoms with Crippen molar-refractivity contribution in [2.45, 2.75) is 0 Å². The summed E-state index contributed by atoms with van der Waals surface area (Å²) >= 11 is 10.7. The van der Waals surface area contributed by atoms with E-state index in [1.165, 1.54) is 24.3 Å². The maximum Gasteiger partial charge on any atom is 0.287 e. The Morgan fingerprint density at radius 3 is 2.65 bits per heavy atom. The van der Waals surface area contributed by atoms with Gasteiger partial charge in [-0.3, -0.25) is 20.2 Å². The third kappa shape index (κ3) is 3.08. The first-order valence-electron chi connectivity index (χ1n) is 6.32. The van der Waals surface area contributed by atoms with Gasteiger partial charge in [0.25, 0.3) is 11.6 Å². The second kappa shape index (κ2) is 5.82. The number of carbonyl (C=O) groups excluding carboxylic acids is 1. The summed E-state index contributed by atoms with van der Waals surface area (Å²) in [6, 6.07) is 7.63. The van der Waals surface area contributed by atoms with Gasteiger partial charge in [0.1, 0.15) is 22.2 Å². The Morgan fingerprint density at radius 2 is 2.04 bits per heavy atom. The number of nitrogens with one attached hydrogen (secondary N) is 2. The molecule has 23 heavy (non-hydrogen) atoms. The van der Waals surface area contributed by atoms with Gasteiger partial charge in [0.2, 0.25) is 0 Å². The fourth-order valence-electron chi connectivity index (χ4n) is 2.02. The monoisotopic (exact) mass is 349 g/mol. The number of hydrogen-bond donors (Lipinski definition) is 2. The summed E-state index contributed by atoms with van der Waals surface area (Å²) in [6.07, 6.45) is 1.51. The SMILES string of the molecule is O=C1NC(=S)N/C1=C/c1ccc(-c2ccc([N+](=O)[O-])c(Cl)c2)o1. The molecule has 2 N–H and O–H groups in total. The van der Waals surface area contributed by atoms with E-state index in [-0.39, 0.29) is 27.4 Å². The molecule has 0 bridgehead atoms. The minimum Gasteiger partial charge on any atom is -0.457 e. The number of rotatable bonds is 3. The number of hydrogen-bond acceptors (Lipinski definition) is 5. The Bertz CT molecular complexity index is 875. The normalized spacial score (nSPS) is 15.6. The van der Waals surface area contributed by atoms with E-state index >= 15 is 0 Å². The van der Waals surface area contributed by atoms with Gasteiger partial charge in [-0.1, -0.05) is 11.6 Å². The van der Waals surface area contributed by atoms with Crippen molar-refractivity contribution in [3.63, 3.8) is 0 Å². The number of carbonyl (C=O) groups is 1. The van der Waals surface area contributed by atoms with Crippen LogP contribution >= 0.6 is 23.8 Å². The lowest BCUT2D eigenvalue weighted by atomic mass is 10.1. The van der Waals surface area contributed by atoms with E-state index in [1.807, 2.05) is 0 Å². The van der Waals surface area contributed by atoms with Crippen LogP contribution in [0.5, 0.6) is 0 Å². The number of nitro benzene ring substituents is 1. The third-order valence-corrected chi connectivity index (χ3v) is 3.57. The maximum atomic E-state index is 11.6. The van der Waals surface area contributed by atoms with Crippen LogP contribution in [0, 0.1) is 10.1 Å². The lowest BCUT2D eigenvalue weighted by Crippen LogP contribution is -2.21. The number of nitro groups is 1. The van der Waals surface area contributed by atoms with Gasteiger partial charge >= 0.3 is 0 Å². The van der Waals surface area contributed by atoms with Gasteiger partial charge in [-0.05, 0) is 36.5 Å². The van der Waals surface area contributed by atoms with Crippen molar-refractivity contribution in [1.82, 2.24) is 10.6 Å². The second-order valence-electron chi connectivity index (χ2n) is 4.59. The summed E-state index contributed by atoms with van der Waals surface area (Å²) in [7, 11) is 0. The summed E-state index contributed by atoms with van der Waals surface area (Å²) in [5.41, 5.74) is 0.687. The van der Waals surface area contributed by atoms with Crippen molar-refractivity contribution in [3.8, 4) is 11.3 Å². The van der Waals surface area contributed by atoms with Crippen molar-refractivity contribution in [2.75, 3.05) is 0 Å². The zero-order valence-electron chi connectivity index (χ0n) is 11.3. The molecular weight excluding hydrogens is 342 g/mol. The molecule has 3 rings (SSSR count). The third-order valence-electron chi connectivity index (χ3n) is 3.06. The molecule has 9 heteroatoms. The molecule has 0 atom stereocenters. The highest BCUT2D eigenvalue weighted by atomic mass is 35.5. The molecule has 2 aromatic rings. The Kier molecular flexibility index (Phi) is 3.85. The fraction of sp³-hybridized carbons (Fsp3) is 0. The van der Waals surface area contributed by atoms with Crippen molar-refractivity contribution >= 4 is 46.6 Å². The molecule has 1 aliphatic heterocycles. The van der Waals surface area contributed by atoms with Crippen LogP contribution < -0.4 is 10.6 Å². The van der Waals surface area contributed by atoms with Crippen molar-refractivity contribution in [2.24, 2.45) is 0 Å². The summed E-state index contributed by atoms with van der Waals surface area (Å²) in [5, 5.41) is 16.2. The molecule has 1 amide bonds. The molecule has 2 heterocycles. The van der Waals surface area contributed by atoms with Crippen LogP contribution in [0.2, 0.25) is 5.02 Å². The molecule has 0 aliphatic carbocycles. The topological polar surface area (TPSA) is 97.4 Å². The van der Waals surface area contributed by atoms with Crippen LogP contribution in [-0.4, -0.2) is 15.9 Å². The highest BCUT2D eigenvalue weighted by Gasteiger charge is 2.20. The van der Waals surface area contributed by atoms with Gasteiger partial charge in [0, 0.05) is 17.7 Å². The predicted octanol–water partition coefficient (Wildman–Crippen LogP) is 2.85. The van der Waals surface area contributed by atoms with Crippen LogP contribution in [0.1, 0.15) is 5.76 Å². The summed E-state index contributed by atoms with van der Waals surface area (Å²) in [4.78, 5) is 21.8. The maximum absolute atomic E-state index is 11.6. The molecule has 0 spiro atoms. The first-order valence-corrected chi connectivity index (χ1v) is 7.11. The Labute approximate surface area is 140 Å². The van der Waals surface area contributed by atoms with E-state index in [0.717, 1.165) is 0 Å². The quantitative estimate of drug-likeness (QED) is 0.383. The van der Waals surface area contributed by atoms with Crippen LogP contribution in [0.25, 0.3) is 17.4 Å². The number of benzene rings is 1. The smallest absolute Gasteiger partial charge is 0.287 e. The van der Waals surface area contributed by atoms with Gasteiger partial charge in [-0.15, -0.1) is 0 Å². The largest absolute Gasteiger partial charge is 0.457 e. The van der Waals surface area contributed by atoms with Crippen molar-refractivity contribution in [3.05, 3.63) is 56.9 Å². The molecule has 1 aromatic carbocycles. The lowest BCUT2D eigenvalue weighted by molar-refractivity contribution is -0.384. The lowest BCUT2D eigenvalue weighted by Gasteiger charge is -1.99. The van der Waals surface area contributed by atoms with E-state index in [1.54, 1.807) is 12.1 Å². The molecule has 1 aromatic heterocycles. The van der Waals surface area contributed by atoms with E-state index in [9.17, 15) is 14.9 Å². The van der Waals surface area contributed by atoms with Crippen LogP contribution in [0.3, 0.4) is 0 Å². The minimum absolute atomic E-state index is 0.0194. The molecule has 1 fully saturated rings. The van der Waals surface area contributed by atoms with Crippen LogP contribution in [0.15, 0.2) is 40.4 Å². The van der Waals surface area contributed by atoms with E-state index in [0.29, 0.717) is 17.1 Å². The molecule has 7 nitrogen and oxygen atoms in total. The van der Waals surface area contributed by atoms with Gasteiger partial charge < -0.3 is 9.73 Å². The average Bonchev–Trinajstić information content (AvgIpc) is 3.06. The Hall–Kier alpha value is -2.71. The Balaban J connectivity index is 1.89. The molecule has 0 saturated carbocycles. The van der Waals surface area contributed by atoms with Gasteiger partial charge in [0.15, 0.2) is 5.11 Å². The van der Waals surface area contributed by atoms with E-state index in [4.69, 9.17) is 28.2 Å². The predicted molar refractivity (Wildman–Crippen MR) is 87.7 cm³/mol. The summed E-state index contributed by atoms with van der Waals surface area (Å²) < 4.78 is 5.60. The minimum atomic E-state index is -0.558. The van der Waals surface area contributed by atoms with Crippen LogP contribution in [0.4, 0.5) is 5.69 Å². The highest BCUT2D eigenvalue weighted by molar-refractivity contribution is 7.80. The standard InChI is InChI=1S/C14H8ClN3O4S/c15-9-5-7(1-3-11(9)18(20)21)12-4-2-8(22-12)6-10-13(19)17-14(23)16-10/h1-6H,(H2,16,17,19,23)/b10-6+. The number of thiocarbonyl (C=S) groups is 1. The van der Waals surface area contributed by atoms with Gasteiger partial charge in [0.05, 0.1) is 4.92 Å². The van der Waals surface area contributed by atoms with E-state index < -0.39 is 4.92 Å². The van der Waals surface area contributed by atoms with Crippen LogP contribution in [-0.2, 0) is 4.79 Å². The summed E-state index contributed by atoms with van der Waals surface area (Å²) in [6.45, 7) is 0. The van der Waals surface area contributed by atoms with E-state index in [2.05, 4.69) is 10.6 Å². The number of amides is 1. The van der Waals surface area contributed by atoms with Crippen molar-refractivity contribution < 1.29 is 14.1 Å². The van der Waals surface area contributed by atoms with Crippen molar-refractivity contribution in [1.29, 1.82) is 0 Å². The number of halogens is 1. The molecule has 1 aliphatic rings. The Morgan fingerprint density at radius 1 is 1.26 bits per heavy atom. The molecular formula is C14H8ClN3O4S. The number of nitrogens with zero attached hydrogens (tertiary/aromatic N) is 1. The highest BCUT2D eigenvalue weighted by Crippen LogP contribution is 2.31.